The number of hydrogen-bond donors (Lipinski definition) is 1. The van der Waals surface area contributed by atoms with E-state index in [-0.39, 0.29) is 6.54 Å². The predicted octanol–water partition coefficient (Wildman–Crippen LogP) is 1.93. The van der Waals surface area contributed by atoms with Crippen molar-refractivity contribution in [2.24, 2.45) is 0 Å². The summed E-state index contributed by atoms with van der Waals surface area (Å²) in [5.74, 6) is -0.625. The molecule has 0 heterocycles. The smallest absolute Gasteiger partial charge is 0.251 e. The van der Waals surface area contributed by atoms with Crippen molar-refractivity contribution in [2.45, 2.75) is 6.54 Å². The van der Waals surface area contributed by atoms with Crippen LogP contribution in [0.2, 0.25) is 5.02 Å². The van der Waals surface area contributed by atoms with Crippen LogP contribution in [0.25, 0.3) is 0 Å². The molecule has 0 spiro atoms. The van der Waals surface area contributed by atoms with E-state index < -0.39 is 12.6 Å². The van der Waals surface area contributed by atoms with Crippen LogP contribution in [0.1, 0.15) is 5.56 Å². The third kappa shape index (κ3) is 3.03. The first-order valence-electron chi connectivity index (χ1n) is 3.80. The maximum atomic E-state index is 11.7. The fourth-order valence-electron chi connectivity index (χ4n) is 0.883. The van der Waals surface area contributed by atoms with Crippen LogP contribution in [0.4, 0.5) is 4.39 Å². The molecule has 0 aliphatic rings. The standard InChI is InChI=1S/C9H9ClFNO/c10-8-4-2-1-3-7(8)6-12-9(13)5-11/h1-4H,5-6H2,(H,12,13). The number of carbonyl (C=O) groups excluding carboxylic acids is 1. The van der Waals surface area contributed by atoms with E-state index >= 15 is 0 Å². The van der Waals surface area contributed by atoms with E-state index in [4.69, 9.17) is 11.6 Å². The quantitative estimate of drug-likeness (QED) is 0.796. The third-order valence-corrected chi connectivity index (χ3v) is 1.92. The Morgan fingerprint density at radius 3 is 2.77 bits per heavy atom. The Kier molecular flexibility index (Phi) is 3.71. The number of benzene rings is 1. The van der Waals surface area contributed by atoms with Gasteiger partial charge in [-0.3, -0.25) is 4.79 Å². The van der Waals surface area contributed by atoms with E-state index in [1.807, 2.05) is 6.07 Å². The molecule has 0 radical (unpaired) electrons. The van der Waals surface area contributed by atoms with Gasteiger partial charge in [0.05, 0.1) is 0 Å². The van der Waals surface area contributed by atoms with Crippen LogP contribution in [0.3, 0.4) is 0 Å². The van der Waals surface area contributed by atoms with Crippen molar-refractivity contribution in [1.29, 1.82) is 0 Å². The van der Waals surface area contributed by atoms with Crippen molar-refractivity contribution < 1.29 is 9.18 Å². The lowest BCUT2D eigenvalue weighted by Gasteiger charge is -2.04. The Balaban J connectivity index is 2.54. The zero-order valence-corrected chi connectivity index (χ0v) is 7.64. The van der Waals surface area contributed by atoms with Gasteiger partial charge in [0.2, 0.25) is 0 Å². The van der Waals surface area contributed by atoms with Gasteiger partial charge in [-0.25, -0.2) is 4.39 Å². The largest absolute Gasteiger partial charge is 0.350 e. The summed E-state index contributed by atoms with van der Waals surface area (Å²) in [6, 6.07) is 7.10. The molecule has 0 aliphatic carbocycles. The van der Waals surface area contributed by atoms with Crippen molar-refractivity contribution in [2.75, 3.05) is 6.67 Å². The molecule has 0 bridgehead atoms. The highest BCUT2D eigenvalue weighted by Crippen LogP contribution is 2.13. The lowest BCUT2D eigenvalue weighted by molar-refractivity contribution is -0.122. The third-order valence-electron chi connectivity index (χ3n) is 1.56. The zero-order valence-electron chi connectivity index (χ0n) is 6.89. The van der Waals surface area contributed by atoms with E-state index in [1.54, 1.807) is 18.2 Å². The molecule has 1 aromatic carbocycles. The van der Waals surface area contributed by atoms with Gasteiger partial charge in [0.1, 0.15) is 0 Å². The molecule has 1 rings (SSSR count). The van der Waals surface area contributed by atoms with E-state index in [2.05, 4.69) is 5.32 Å². The Hall–Kier alpha value is -1.09. The summed E-state index contributed by atoms with van der Waals surface area (Å²) in [5, 5.41) is 2.96. The minimum Gasteiger partial charge on any atom is -0.350 e. The van der Waals surface area contributed by atoms with Crippen LogP contribution in [-0.4, -0.2) is 12.6 Å². The van der Waals surface area contributed by atoms with Crippen LogP contribution >= 0.6 is 11.6 Å². The molecule has 0 saturated carbocycles. The molecule has 13 heavy (non-hydrogen) atoms. The molecule has 0 aliphatic heterocycles. The summed E-state index contributed by atoms with van der Waals surface area (Å²) in [6.07, 6.45) is 0. The molecule has 70 valence electrons. The van der Waals surface area contributed by atoms with Gasteiger partial charge in [-0.05, 0) is 11.6 Å². The monoisotopic (exact) mass is 201 g/mol. The highest BCUT2D eigenvalue weighted by molar-refractivity contribution is 6.31. The number of halogens is 2. The molecule has 1 N–H and O–H groups in total. The minimum atomic E-state index is -0.996. The molecule has 2 nitrogen and oxygen atoms in total. The van der Waals surface area contributed by atoms with Gasteiger partial charge in [-0.1, -0.05) is 29.8 Å². The van der Waals surface area contributed by atoms with E-state index in [1.165, 1.54) is 0 Å². The van der Waals surface area contributed by atoms with Crippen molar-refractivity contribution in [3.05, 3.63) is 34.9 Å². The van der Waals surface area contributed by atoms with E-state index in [0.29, 0.717) is 5.02 Å². The first-order valence-corrected chi connectivity index (χ1v) is 4.18. The van der Waals surface area contributed by atoms with Gasteiger partial charge < -0.3 is 5.32 Å². The van der Waals surface area contributed by atoms with Crippen LogP contribution in [0, 0.1) is 0 Å². The fraction of sp³-hybridized carbons (Fsp3) is 0.222. The molecular formula is C9H9ClFNO. The molecule has 1 amide bonds. The molecule has 0 atom stereocenters. The lowest BCUT2D eigenvalue weighted by atomic mass is 10.2. The van der Waals surface area contributed by atoms with Gasteiger partial charge in [-0.2, -0.15) is 0 Å². The van der Waals surface area contributed by atoms with Crippen LogP contribution in [-0.2, 0) is 11.3 Å². The number of amides is 1. The lowest BCUT2D eigenvalue weighted by Crippen LogP contribution is -2.24. The number of hydrogen-bond acceptors (Lipinski definition) is 1. The van der Waals surface area contributed by atoms with Crippen LogP contribution < -0.4 is 5.32 Å². The maximum Gasteiger partial charge on any atom is 0.251 e. The molecular weight excluding hydrogens is 193 g/mol. The maximum absolute atomic E-state index is 11.7. The summed E-state index contributed by atoms with van der Waals surface area (Å²) < 4.78 is 11.7. The Bertz CT molecular complexity index is 303. The number of nitrogens with one attached hydrogen (secondary N) is 1. The summed E-state index contributed by atoms with van der Waals surface area (Å²) in [4.78, 5) is 10.6. The average Bonchev–Trinajstić information content (AvgIpc) is 2.16. The van der Waals surface area contributed by atoms with Gasteiger partial charge in [0.15, 0.2) is 6.67 Å². The molecule has 0 aromatic heterocycles. The Morgan fingerprint density at radius 1 is 1.46 bits per heavy atom. The van der Waals surface area contributed by atoms with Crippen molar-refractivity contribution in [3.8, 4) is 0 Å². The molecule has 0 fully saturated rings. The molecule has 0 saturated heterocycles. The van der Waals surface area contributed by atoms with Crippen LogP contribution in [0.5, 0.6) is 0 Å². The summed E-state index contributed by atoms with van der Waals surface area (Å²) in [5.41, 5.74) is 0.783. The molecule has 0 unspecified atom stereocenters. The topological polar surface area (TPSA) is 29.1 Å². The van der Waals surface area contributed by atoms with E-state index in [9.17, 15) is 9.18 Å². The first-order chi connectivity index (χ1) is 6.24. The van der Waals surface area contributed by atoms with Gasteiger partial charge in [-0.15, -0.1) is 0 Å². The van der Waals surface area contributed by atoms with Gasteiger partial charge >= 0.3 is 0 Å². The van der Waals surface area contributed by atoms with Crippen molar-refractivity contribution >= 4 is 17.5 Å². The second-order valence-electron chi connectivity index (χ2n) is 2.50. The van der Waals surface area contributed by atoms with Crippen molar-refractivity contribution in [1.82, 2.24) is 5.32 Å². The number of carbonyl (C=O) groups is 1. The second kappa shape index (κ2) is 4.82. The summed E-state index contributed by atoms with van der Waals surface area (Å²) in [7, 11) is 0. The average molecular weight is 202 g/mol. The van der Waals surface area contributed by atoms with Gasteiger partial charge in [0.25, 0.3) is 5.91 Å². The Morgan fingerprint density at radius 2 is 2.15 bits per heavy atom. The summed E-state index contributed by atoms with van der Waals surface area (Å²) in [6.45, 7) is -0.729. The fourth-order valence-corrected chi connectivity index (χ4v) is 1.09. The highest BCUT2D eigenvalue weighted by Gasteiger charge is 2.01. The second-order valence-corrected chi connectivity index (χ2v) is 2.91. The van der Waals surface area contributed by atoms with Crippen molar-refractivity contribution in [3.63, 3.8) is 0 Å². The number of alkyl halides is 1. The highest BCUT2D eigenvalue weighted by atomic mass is 35.5. The summed E-state index contributed by atoms with van der Waals surface area (Å²) >= 11 is 5.81. The van der Waals surface area contributed by atoms with E-state index in [0.717, 1.165) is 5.56 Å². The normalized spacial score (nSPS) is 9.69. The first kappa shape index (κ1) is 9.99. The zero-order chi connectivity index (χ0) is 9.68. The molecule has 4 heteroatoms. The number of rotatable bonds is 3. The Labute approximate surface area is 80.7 Å². The SMILES string of the molecule is O=C(CF)NCc1ccccc1Cl. The minimum absolute atomic E-state index is 0.266. The predicted molar refractivity (Wildman–Crippen MR) is 49.3 cm³/mol. The van der Waals surface area contributed by atoms with Crippen LogP contribution in [0.15, 0.2) is 24.3 Å². The molecule has 1 aromatic rings. The van der Waals surface area contributed by atoms with Gasteiger partial charge in [0, 0.05) is 11.6 Å².